The average Bonchev–Trinajstić information content (AvgIpc) is 2.26. The van der Waals surface area contributed by atoms with Crippen LogP contribution >= 0.6 is 0 Å². The zero-order valence-corrected chi connectivity index (χ0v) is 11.5. The minimum Gasteiger partial charge on any atom is -0.298 e. The van der Waals surface area contributed by atoms with Crippen molar-refractivity contribution < 1.29 is 0 Å². The highest BCUT2D eigenvalue weighted by molar-refractivity contribution is 6.52. The van der Waals surface area contributed by atoms with Crippen molar-refractivity contribution in [1.29, 1.82) is 5.41 Å². The highest BCUT2D eigenvalue weighted by Gasteiger charge is 2.24. The molecule has 17 heavy (non-hydrogen) atoms. The van der Waals surface area contributed by atoms with Crippen molar-refractivity contribution in [3.63, 3.8) is 0 Å². The number of aliphatic imine (C=N–C) groups is 1. The van der Waals surface area contributed by atoms with E-state index in [2.05, 4.69) is 32.7 Å². The Morgan fingerprint density at radius 1 is 1.41 bits per heavy atom. The molecule has 1 N–H and O–H groups in total. The molecule has 0 atom stereocenters. The van der Waals surface area contributed by atoms with Crippen molar-refractivity contribution in [2.24, 2.45) is 10.4 Å². The number of allylic oxidation sites excluding steroid dienone is 6. The first-order valence-corrected chi connectivity index (χ1v) is 6.12. The number of nitrogens with one attached hydrogen (secondary N) is 1. The van der Waals surface area contributed by atoms with Crippen LogP contribution in [-0.4, -0.2) is 11.4 Å². The third-order valence-corrected chi connectivity index (χ3v) is 2.81. The van der Waals surface area contributed by atoms with Crippen LogP contribution in [0, 0.1) is 10.8 Å². The molecule has 0 aliphatic heterocycles. The van der Waals surface area contributed by atoms with Crippen molar-refractivity contribution in [2.75, 3.05) is 0 Å². The minimum atomic E-state index is -0.00901. The minimum absolute atomic E-state index is 0.00901. The van der Waals surface area contributed by atoms with Gasteiger partial charge in [-0.3, -0.25) is 10.4 Å². The molecule has 0 fully saturated rings. The van der Waals surface area contributed by atoms with Gasteiger partial charge in [-0.2, -0.15) is 0 Å². The fourth-order valence-electron chi connectivity index (χ4n) is 1.76. The lowest BCUT2D eigenvalue weighted by molar-refractivity contribution is 0.525. The zero-order valence-electron chi connectivity index (χ0n) is 11.5. The average molecular weight is 230 g/mol. The van der Waals surface area contributed by atoms with Crippen LogP contribution in [0.2, 0.25) is 0 Å². The number of rotatable bonds is 2. The lowest BCUT2D eigenvalue weighted by Gasteiger charge is -2.25. The number of nitrogens with zero attached hydrogens (tertiary/aromatic N) is 1. The van der Waals surface area contributed by atoms with Crippen LogP contribution in [0.4, 0.5) is 0 Å². The quantitative estimate of drug-likeness (QED) is 0.686. The molecule has 0 heterocycles. The van der Waals surface area contributed by atoms with Crippen molar-refractivity contribution >= 4 is 11.4 Å². The van der Waals surface area contributed by atoms with Crippen LogP contribution in [0.5, 0.6) is 0 Å². The molecule has 0 saturated carbocycles. The van der Waals surface area contributed by atoms with Gasteiger partial charge in [0.15, 0.2) is 0 Å². The Morgan fingerprint density at radius 2 is 2.06 bits per heavy atom. The van der Waals surface area contributed by atoms with Gasteiger partial charge in [0.25, 0.3) is 0 Å². The van der Waals surface area contributed by atoms with Crippen molar-refractivity contribution in [1.82, 2.24) is 0 Å². The normalized spacial score (nSPS) is 19.8. The molecule has 1 aliphatic rings. The van der Waals surface area contributed by atoms with E-state index in [9.17, 15) is 0 Å². The van der Waals surface area contributed by atoms with E-state index in [-0.39, 0.29) is 5.41 Å². The Labute approximate surface area is 104 Å². The maximum Gasteiger partial charge on any atom is 0.0885 e. The van der Waals surface area contributed by atoms with E-state index < -0.39 is 0 Å². The fourth-order valence-corrected chi connectivity index (χ4v) is 1.76. The SMILES string of the molecule is C/C=C(CC)\N=C1\C=CC=C(C(C)(C)C)C1=N. The molecule has 0 aromatic rings. The van der Waals surface area contributed by atoms with Gasteiger partial charge in [-0.05, 0) is 30.4 Å². The van der Waals surface area contributed by atoms with E-state index >= 15 is 0 Å². The predicted molar refractivity (Wildman–Crippen MR) is 75.9 cm³/mol. The first kappa shape index (κ1) is 13.6. The van der Waals surface area contributed by atoms with Gasteiger partial charge in [-0.1, -0.05) is 45.9 Å². The Balaban J connectivity index is 3.08. The highest BCUT2D eigenvalue weighted by atomic mass is 14.8. The van der Waals surface area contributed by atoms with Crippen molar-refractivity contribution in [3.8, 4) is 0 Å². The van der Waals surface area contributed by atoms with Crippen LogP contribution < -0.4 is 0 Å². The first-order valence-electron chi connectivity index (χ1n) is 6.12. The Hall–Kier alpha value is -1.44. The predicted octanol–water partition coefficient (Wildman–Crippen LogP) is 4.30. The summed E-state index contributed by atoms with van der Waals surface area (Å²) in [7, 11) is 0. The molecular weight excluding hydrogens is 208 g/mol. The summed E-state index contributed by atoms with van der Waals surface area (Å²) >= 11 is 0. The topological polar surface area (TPSA) is 36.2 Å². The summed E-state index contributed by atoms with van der Waals surface area (Å²) in [6, 6.07) is 0. The van der Waals surface area contributed by atoms with Gasteiger partial charge in [0, 0.05) is 5.70 Å². The van der Waals surface area contributed by atoms with Crippen LogP contribution in [0.3, 0.4) is 0 Å². The van der Waals surface area contributed by atoms with Gasteiger partial charge < -0.3 is 0 Å². The number of hydrogen-bond acceptors (Lipinski definition) is 2. The van der Waals surface area contributed by atoms with Crippen LogP contribution in [-0.2, 0) is 0 Å². The van der Waals surface area contributed by atoms with E-state index in [0.717, 1.165) is 23.4 Å². The monoisotopic (exact) mass is 230 g/mol. The van der Waals surface area contributed by atoms with Gasteiger partial charge in [-0.15, -0.1) is 0 Å². The molecule has 0 aromatic carbocycles. The summed E-state index contributed by atoms with van der Waals surface area (Å²) in [5.41, 5.74) is 3.39. The maximum atomic E-state index is 8.22. The van der Waals surface area contributed by atoms with E-state index in [1.54, 1.807) is 0 Å². The molecular formula is C15H22N2. The molecule has 0 amide bonds. The lowest BCUT2D eigenvalue weighted by atomic mass is 9.80. The first-order chi connectivity index (χ1) is 7.90. The Kier molecular flexibility index (Phi) is 4.22. The Bertz CT molecular complexity index is 426. The third-order valence-electron chi connectivity index (χ3n) is 2.81. The van der Waals surface area contributed by atoms with Crippen molar-refractivity contribution in [3.05, 3.63) is 35.6 Å². The van der Waals surface area contributed by atoms with Gasteiger partial charge in [-0.25, -0.2) is 0 Å². The largest absolute Gasteiger partial charge is 0.298 e. The second-order valence-corrected chi connectivity index (χ2v) is 5.20. The van der Waals surface area contributed by atoms with E-state index in [0.29, 0.717) is 5.71 Å². The fraction of sp³-hybridized carbons (Fsp3) is 0.467. The molecule has 0 radical (unpaired) electrons. The molecule has 2 heteroatoms. The molecule has 0 aromatic heterocycles. The molecule has 1 aliphatic carbocycles. The molecule has 0 unspecified atom stereocenters. The smallest absolute Gasteiger partial charge is 0.0885 e. The maximum absolute atomic E-state index is 8.22. The summed E-state index contributed by atoms with van der Waals surface area (Å²) in [4.78, 5) is 4.54. The van der Waals surface area contributed by atoms with Crippen LogP contribution in [0.15, 0.2) is 40.6 Å². The molecule has 0 spiro atoms. The summed E-state index contributed by atoms with van der Waals surface area (Å²) in [5, 5.41) is 8.22. The highest BCUT2D eigenvalue weighted by Crippen LogP contribution is 2.28. The van der Waals surface area contributed by atoms with E-state index in [4.69, 9.17) is 5.41 Å². The summed E-state index contributed by atoms with van der Waals surface area (Å²) in [5.74, 6) is 0. The zero-order chi connectivity index (χ0) is 13.1. The number of hydrogen-bond donors (Lipinski definition) is 1. The molecule has 0 bridgehead atoms. The molecule has 1 rings (SSSR count). The molecule has 92 valence electrons. The van der Waals surface area contributed by atoms with Crippen LogP contribution in [0.1, 0.15) is 41.0 Å². The lowest BCUT2D eigenvalue weighted by Crippen LogP contribution is -2.25. The van der Waals surface area contributed by atoms with Crippen LogP contribution in [0.25, 0.3) is 0 Å². The Morgan fingerprint density at radius 3 is 2.53 bits per heavy atom. The van der Waals surface area contributed by atoms with Gasteiger partial charge >= 0.3 is 0 Å². The van der Waals surface area contributed by atoms with E-state index in [1.807, 2.05) is 31.2 Å². The summed E-state index contributed by atoms with van der Waals surface area (Å²) in [6.45, 7) is 10.4. The second-order valence-electron chi connectivity index (χ2n) is 5.20. The summed E-state index contributed by atoms with van der Waals surface area (Å²) in [6.07, 6.45) is 8.82. The molecule has 0 saturated heterocycles. The van der Waals surface area contributed by atoms with E-state index in [1.165, 1.54) is 0 Å². The van der Waals surface area contributed by atoms with Crippen molar-refractivity contribution in [2.45, 2.75) is 41.0 Å². The molecule has 2 nitrogen and oxygen atoms in total. The van der Waals surface area contributed by atoms with Gasteiger partial charge in [0.2, 0.25) is 0 Å². The standard InChI is InChI=1S/C15H22N2/c1-6-11(7-2)17-13-10-8-9-12(14(13)16)15(3,4)5/h6,8-10,16H,7H2,1-5H3/b11-6-,16-14?,17-13-. The third kappa shape index (κ3) is 3.26. The summed E-state index contributed by atoms with van der Waals surface area (Å²) < 4.78 is 0. The van der Waals surface area contributed by atoms with Gasteiger partial charge in [0.05, 0.1) is 11.4 Å². The second kappa shape index (κ2) is 5.26. The van der Waals surface area contributed by atoms with Gasteiger partial charge in [0.1, 0.15) is 0 Å².